The number of carboxylic acid groups (broad SMARTS) is 1. The van der Waals surface area contributed by atoms with Crippen LogP contribution >= 0.6 is 0 Å². The molecule has 6 nitrogen and oxygen atoms in total. The average Bonchev–Trinajstić information content (AvgIpc) is 2.39. The third-order valence-corrected chi connectivity index (χ3v) is 2.09. The third kappa shape index (κ3) is 4.33. The van der Waals surface area contributed by atoms with Gasteiger partial charge in [-0.05, 0) is 24.1 Å². The van der Waals surface area contributed by atoms with E-state index >= 15 is 0 Å². The van der Waals surface area contributed by atoms with Crippen molar-refractivity contribution < 1.29 is 9.90 Å². The smallest absolute Gasteiger partial charge is 0.303 e. The summed E-state index contributed by atoms with van der Waals surface area (Å²) in [6.07, 6.45) is 0.540. The van der Waals surface area contributed by atoms with E-state index in [0.717, 1.165) is 5.56 Å². The zero-order valence-corrected chi connectivity index (χ0v) is 9.42. The minimum atomic E-state index is -0.838. The van der Waals surface area contributed by atoms with Crippen LogP contribution in [0.3, 0.4) is 0 Å². The molecule has 0 aliphatic rings. The van der Waals surface area contributed by atoms with Crippen molar-refractivity contribution in [1.82, 2.24) is 0 Å². The number of hydrogen-bond acceptors (Lipinski definition) is 5. The standard InChI is InChI=1S/C12H10N4O2/c13-7-11(8-14)16-15-10-4-1-9(2-5-10)3-6-12(17)18/h1-2,4-5,15H,3,6H2,(H,17,18). The van der Waals surface area contributed by atoms with Crippen LogP contribution in [0.2, 0.25) is 0 Å². The molecule has 0 radical (unpaired) electrons. The lowest BCUT2D eigenvalue weighted by molar-refractivity contribution is -0.136. The number of nitriles is 2. The zero-order chi connectivity index (χ0) is 13.4. The van der Waals surface area contributed by atoms with E-state index in [0.29, 0.717) is 12.1 Å². The third-order valence-electron chi connectivity index (χ3n) is 2.09. The summed E-state index contributed by atoms with van der Waals surface area (Å²) >= 11 is 0. The van der Waals surface area contributed by atoms with Crippen molar-refractivity contribution in [2.45, 2.75) is 12.8 Å². The molecule has 0 saturated carbocycles. The number of hydrazone groups is 1. The first kappa shape index (κ1) is 13.2. The fourth-order valence-corrected chi connectivity index (χ4v) is 1.19. The molecule has 2 N–H and O–H groups in total. The topological polar surface area (TPSA) is 109 Å². The zero-order valence-electron chi connectivity index (χ0n) is 9.42. The van der Waals surface area contributed by atoms with Gasteiger partial charge in [0.1, 0.15) is 12.1 Å². The molecule has 18 heavy (non-hydrogen) atoms. The maximum Gasteiger partial charge on any atom is 0.303 e. The highest BCUT2D eigenvalue weighted by Gasteiger charge is 1.99. The Morgan fingerprint density at radius 3 is 2.39 bits per heavy atom. The number of nitrogens with zero attached hydrogens (tertiary/aromatic N) is 3. The molecule has 0 fully saturated rings. The summed E-state index contributed by atoms with van der Waals surface area (Å²) in [6.45, 7) is 0. The fourth-order valence-electron chi connectivity index (χ4n) is 1.19. The monoisotopic (exact) mass is 242 g/mol. The fraction of sp³-hybridized carbons (Fsp3) is 0.167. The van der Waals surface area contributed by atoms with E-state index in [1.807, 2.05) is 0 Å². The van der Waals surface area contributed by atoms with Gasteiger partial charge in [0.25, 0.3) is 0 Å². The normalized spacial score (nSPS) is 8.78. The molecule has 0 unspecified atom stereocenters. The van der Waals surface area contributed by atoms with Gasteiger partial charge in [0, 0.05) is 6.42 Å². The molecule has 1 aromatic carbocycles. The number of carboxylic acids is 1. The van der Waals surface area contributed by atoms with E-state index < -0.39 is 5.97 Å². The second kappa shape index (κ2) is 6.66. The van der Waals surface area contributed by atoms with E-state index in [1.165, 1.54) is 0 Å². The van der Waals surface area contributed by atoms with Gasteiger partial charge in [-0.25, -0.2) is 0 Å². The van der Waals surface area contributed by atoms with Gasteiger partial charge in [-0.3, -0.25) is 10.2 Å². The van der Waals surface area contributed by atoms with Crippen LogP contribution in [0.5, 0.6) is 0 Å². The highest BCUT2D eigenvalue weighted by atomic mass is 16.4. The molecule has 0 spiro atoms. The lowest BCUT2D eigenvalue weighted by atomic mass is 10.1. The Labute approximate surface area is 104 Å². The van der Waals surface area contributed by atoms with Crippen LogP contribution in [0.15, 0.2) is 29.4 Å². The van der Waals surface area contributed by atoms with Crippen molar-refractivity contribution in [3.8, 4) is 12.1 Å². The van der Waals surface area contributed by atoms with Gasteiger partial charge in [-0.15, -0.1) is 0 Å². The summed E-state index contributed by atoms with van der Waals surface area (Å²) in [5.41, 5.74) is 3.82. The van der Waals surface area contributed by atoms with Crippen molar-refractivity contribution in [3.05, 3.63) is 29.8 Å². The van der Waals surface area contributed by atoms with Crippen LogP contribution in [0, 0.1) is 22.7 Å². The minimum absolute atomic E-state index is 0.0813. The first-order chi connectivity index (χ1) is 8.65. The van der Waals surface area contributed by atoms with Crippen molar-refractivity contribution in [2.75, 3.05) is 5.43 Å². The SMILES string of the molecule is N#CC(C#N)=NNc1ccc(CCC(=O)O)cc1. The predicted molar refractivity (Wildman–Crippen MR) is 64.7 cm³/mol. The highest BCUT2D eigenvalue weighted by Crippen LogP contribution is 2.11. The number of anilines is 1. The summed E-state index contributed by atoms with van der Waals surface area (Å²) < 4.78 is 0. The minimum Gasteiger partial charge on any atom is -0.481 e. The van der Waals surface area contributed by atoms with Crippen molar-refractivity contribution in [3.63, 3.8) is 0 Å². The summed E-state index contributed by atoms with van der Waals surface area (Å²) in [4.78, 5) is 10.4. The molecule has 0 aromatic heterocycles. The second-order valence-corrected chi connectivity index (χ2v) is 3.39. The number of carbonyl (C=O) groups is 1. The van der Waals surface area contributed by atoms with Crippen LogP contribution < -0.4 is 5.43 Å². The quantitative estimate of drug-likeness (QED) is 0.600. The summed E-state index contributed by atoms with van der Waals surface area (Å²) in [7, 11) is 0. The molecule has 1 rings (SSSR count). The molecule has 6 heteroatoms. The predicted octanol–water partition coefficient (Wildman–Crippen LogP) is 1.52. The number of rotatable bonds is 5. The van der Waals surface area contributed by atoms with E-state index in [4.69, 9.17) is 15.6 Å². The lowest BCUT2D eigenvalue weighted by Crippen LogP contribution is -1.98. The molecular formula is C12H10N4O2. The Bertz CT molecular complexity index is 519. The Kier molecular flexibility index (Phi) is 4.89. The Morgan fingerprint density at radius 2 is 1.89 bits per heavy atom. The highest BCUT2D eigenvalue weighted by molar-refractivity contribution is 6.10. The first-order valence-electron chi connectivity index (χ1n) is 5.10. The maximum absolute atomic E-state index is 10.4. The number of aliphatic carboxylic acids is 1. The van der Waals surface area contributed by atoms with Crippen molar-refractivity contribution >= 4 is 17.4 Å². The van der Waals surface area contributed by atoms with Crippen molar-refractivity contribution in [1.29, 1.82) is 10.5 Å². The lowest BCUT2D eigenvalue weighted by Gasteiger charge is -2.02. The molecule has 90 valence electrons. The molecule has 0 saturated heterocycles. The molecule has 1 aromatic rings. The number of aryl methyl sites for hydroxylation is 1. The molecule has 0 atom stereocenters. The summed E-state index contributed by atoms with van der Waals surface area (Å²) in [5, 5.41) is 29.1. The maximum atomic E-state index is 10.4. The van der Waals surface area contributed by atoms with Crippen LogP contribution in [0.25, 0.3) is 0 Å². The van der Waals surface area contributed by atoms with Gasteiger partial charge in [-0.2, -0.15) is 15.6 Å². The molecule has 0 heterocycles. The molecular weight excluding hydrogens is 232 g/mol. The first-order valence-corrected chi connectivity index (χ1v) is 5.10. The molecule has 0 bridgehead atoms. The van der Waals surface area contributed by atoms with Gasteiger partial charge in [0.2, 0.25) is 5.71 Å². The Hall–Kier alpha value is -2.86. The van der Waals surface area contributed by atoms with E-state index in [9.17, 15) is 4.79 Å². The van der Waals surface area contributed by atoms with Gasteiger partial charge in [-0.1, -0.05) is 12.1 Å². The number of hydrogen-bond donors (Lipinski definition) is 2. The van der Waals surface area contributed by atoms with Crippen LogP contribution in [0.1, 0.15) is 12.0 Å². The Balaban J connectivity index is 2.61. The number of nitrogens with one attached hydrogen (secondary N) is 1. The van der Waals surface area contributed by atoms with Crippen LogP contribution in [0.4, 0.5) is 5.69 Å². The largest absolute Gasteiger partial charge is 0.481 e. The van der Waals surface area contributed by atoms with Gasteiger partial charge in [0.05, 0.1) is 5.69 Å². The number of benzene rings is 1. The van der Waals surface area contributed by atoms with Gasteiger partial charge < -0.3 is 5.11 Å². The van der Waals surface area contributed by atoms with E-state index in [-0.39, 0.29) is 12.1 Å². The molecule has 0 amide bonds. The summed E-state index contributed by atoms with van der Waals surface area (Å²) in [5.74, 6) is -0.838. The summed E-state index contributed by atoms with van der Waals surface area (Å²) in [6, 6.07) is 10.2. The van der Waals surface area contributed by atoms with E-state index in [1.54, 1.807) is 36.4 Å². The molecule has 0 aliphatic heterocycles. The molecule has 0 aliphatic carbocycles. The van der Waals surface area contributed by atoms with Crippen LogP contribution in [-0.4, -0.2) is 16.8 Å². The van der Waals surface area contributed by atoms with E-state index in [2.05, 4.69) is 10.5 Å². The average molecular weight is 242 g/mol. The second-order valence-electron chi connectivity index (χ2n) is 3.39. The van der Waals surface area contributed by atoms with Gasteiger partial charge in [0.15, 0.2) is 0 Å². The van der Waals surface area contributed by atoms with Crippen LogP contribution in [-0.2, 0) is 11.2 Å². The van der Waals surface area contributed by atoms with Crippen molar-refractivity contribution in [2.24, 2.45) is 5.10 Å². The Morgan fingerprint density at radius 1 is 1.28 bits per heavy atom. The van der Waals surface area contributed by atoms with Gasteiger partial charge >= 0.3 is 5.97 Å².